The summed E-state index contributed by atoms with van der Waals surface area (Å²) in [5.41, 5.74) is 0.537. The molecule has 0 aliphatic carbocycles. The molecule has 2 aromatic carbocycles. The molecule has 2 atom stereocenters. The summed E-state index contributed by atoms with van der Waals surface area (Å²) < 4.78 is 65.5. The molecular weight excluding hydrogens is 397 g/mol. The second-order valence-corrected chi connectivity index (χ2v) is 9.57. The largest absolute Gasteiger partial charge is 0.312 e. The van der Waals surface area contributed by atoms with Crippen molar-refractivity contribution in [1.82, 2.24) is 0 Å². The molecule has 0 saturated carbocycles. The molecule has 2 aliphatic rings. The number of sulfone groups is 1. The van der Waals surface area contributed by atoms with Crippen molar-refractivity contribution in [3.8, 4) is 0 Å². The van der Waals surface area contributed by atoms with Gasteiger partial charge in [0.2, 0.25) is 0 Å². The standard InChI is InChI=1S/C18H15F3N2O2S2/c19-12-5-6-16(14(21)7-12)23-17-10-27(24,25)9-15(17)22-18(23)26-8-11-3-1-2-4-13(11)20/h1-7,15,17H,8-10H2/t15-,17-/m0/s1. The van der Waals surface area contributed by atoms with Crippen molar-refractivity contribution in [3.05, 3.63) is 65.5 Å². The zero-order valence-electron chi connectivity index (χ0n) is 14.0. The minimum absolute atomic E-state index is 0.0702. The minimum atomic E-state index is -3.28. The Balaban J connectivity index is 1.66. The van der Waals surface area contributed by atoms with E-state index in [2.05, 4.69) is 4.99 Å². The second-order valence-electron chi connectivity index (χ2n) is 6.47. The average molecular weight is 412 g/mol. The van der Waals surface area contributed by atoms with Gasteiger partial charge in [-0.2, -0.15) is 0 Å². The Morgan fingerprint density at radius 2 is 1.85 bits per heavy atom. The Kier molecular flexibility index (Phi) is 4.67. The SMILES string of the molecule is O=S1(=O)C[C@@H]2N=C(SCc3ccccc3F)N(c3ccc(F)cc3F)[C@H]2C1. The van der Waals surface area contributed by atoms with E-state index in [1.165, 1.54) is 28.8 Å². The number of nitrogens with zero attached hydrogens (tertiary/aromatic N) is 2. The van der Waals surface area contributed by atoms with E-state index in [1.807, 2.05) is 0 Å². The van der Waals surface area contributed by atoms with Crippen LogP contribution in [0.25, 0.3) is 0 Å². The van der Waals surface area contributed by atoms with Gasteiger partial charge in [0.05, 0.1) is 29.3 Å². The molecular formula is C18H15F3N2O2S2. The van der Waals surface area contributed by atoms with Crippen LogP contribution in [0.1, 0.15) is 5.56 Å². The molecule has 0 amide bonds. The Morgan fingerprint density at radius 3 is 2.59 bits per heavy atom. The van der Waals surface area contributed by atoms with Crippen molar-refractivity contribution in [2.24, 2.45) is 4.99 Å². The van der Waals surface area contributed by atoms with E-state index < -0.39 is 33.6 Å². The quantitative estimate of drug-likeness (QED) is 0.776. The highest BCUT2D eigenvalue weighted by Crippen LogP contribution is 2.37. The lowest BCUT2D eigenvalue weighted by Crippen LogP contribution is -2.39. The van der Waals surface area contributed by atoms with Crippen LogP contribution in [0.5, 0.6) is 0 Å². The van der Waals surface area contributed by atoms with Gasteiger partial charge in [0, 0.05) is 11.8 Å². The lowest BCUT2D eigenvalue weighted by atomic mass is 10.1. The molecule has 0 spiro atoms. The van der Waals surface area contributed by atoms with Gasteiger partial charge in [-0.25, -0.2) is 21.6 Å². The summed E-state index contributed by atoms with van der Waals surface area (Å²) in [5, 5.41) is 0.411. The lowest BCUT2D eigenvalue weighted by Gasteiger charge is -2.26. The van der Waals surface area contributed by atoms with Gasteiger partial charge in [0.25, 0.3) is 0 Å². The van der Waals surface area contributed by atoms with E-state index in [1.54, 1.807) is 18.2 Å². The second kappa shape index (κ2) is 6.87. The molecule has 9 heteroatoms. The first-order valence-electron chi connectivity index (χ1n) is 8.23. The first kappa shape index (κ1) is 18.4. The molecule has 0 N–H and O–H groups in total. The van der Waals surface area contributed by atoms with E-state index in [0.29, 0.717) is 10.7 Å². The number of benzene rings is 2. The highest BCUT2D eigenvalue weighted by molar-refractivity contribution is 8.13. The summed E-state index contributed by atoms with van der Waals surface area (Å²) in [6.07, 6.45) is 0. The number of aliphatic imine (C=N–C) groups is 1. The summed E-state index contributed by atoms with van der Waals surface area (Å²) in [4.78, 5) is 5.96. The molecule has 2 aliphatic heterocycles. The summed E-state index contributed by atoms with van der Waals surface area (Å²) in [6.45, 7) is 0. The first-order chi connectivity index (χ1) is 12.8. The van der Waals surface area contributed by atoms with Gasteiger partial charge < -0.3 is 4.90 Å². The molecule has 142 valence electrons. The van der Waals surface area contributed by atoms with Gasteiger partial charge in [-0.3, -0.25) is 4.99 Å². The molecule has 0 aromatic heterocycles. The van der Waals surface area contributed by atoms with Crippen LogP contribution in [0.2, 0.25) is 0 Å². The van der Waals surface area contributed by atoms with Crippen molar-refractivity contribution in [2.45, 2.75) is 17.8 Å². The molecule has 1 fully saturated rings. The third-order valence-corrected chi connectivity index (χ3v) is 7.31. The molecule has 0 bridgehead atoms. The Hall–Kier alpha value is -2.00. The van der Waals surface area contributed by atoms with Crippen LogP contribution < -0.4 is 4.90 Å². The number of fused-ring (bicyclic) bond motifs is 1. The summed E-state index contributed by atoms with van der Waals surface area (Å²) >= 11 is 1.20. The third-order valence-electron chi connectivity index (χ3n) is 4.59. The van der Waals surface area contributed by atoms with Crippen molar-refractivity contribution in [3.63, 3.8) is 0 Å². The highest BCUT2D eigenvalue weighted by atomic mass is 32.2. The van der Waals surface area contributed by atoms with Gasteiger partial charge in [-0.15, -0.1) is 0 Å². The Morgan fingerprint density at radius 1 is 1.07 bits per heavy atom. The predicted octanol–water partition coefficient (Wildman–Crippen LogP) is 3.38. The van der Waals surface area contributed by atoms with Crippen molar-refractivity contribution in [1.29, 1.82) is 0 Å². The zero-order valence-corrected chi connectivity index (χ0v) is 15.6. The number of hydrogen-bond acceptors (Lipinski definition) is 5. The number of anilines is 1. The summed E-state index contributed by atoms with van der Waals surface area (Å²) in [6, 6.07) is 8.40. The van der Waals surface area contributed by atoms with E-state index in [0.717, 1.165) is 12.1 Å². The minimum Gasteiger partial charge on any atom is -0.312 e. The van der Waals surface area contributed by atoms with Crippen LogP contribution in [0.4, 0.5) is 18.9 Å². The van der Waals surface area contributed by atoms with Crippen LogP contribution >= 0.6 is 11.8 Å². The number of hydrogen-bond donors (Lipinski definition) is 0. The number of thioether (sulfide) groups is 1. The molecule has 0 radical (unpaired) electrons. The molecule has 4 rings (SSSR count). The van der Waals surface area contributed by atoms with E-state index in [4.69, 9.17) is 0 Å². The fraction of sp³-hybridized carbons (Fsp3) is 0.278. The van der Waals surface area contributed by atoms with Crippen molar-refractivity contribution < 1.29 is 21.6 Å². The molecule has 27 heavy (non-hydrogen) atoms. The number of rotatable bonds is 3. The third kappa shape index (κ3) is 3.58. The van der Waals surface area contributed by atoms with Gasteiger partial charge >= 0.3 is 0 Å². The van der Waals surface area contributed by atoms with Gasteiger partial charge in [0.1, 0.15) is 17.5 Å². The van der Waals surface area contributed by atoms with Crippen LogP contribution in [-0.2, 0) is 15.6 Å². The van der Waals surface area contributed by atoms with Gasteiger partial charge in [0.15, 0.2) is 15.0 Å². The molecule has 0 unspecified atom stereocenters. The van der Waals surface area contributed by atoms with Gasteiger partial charge in [-0.1, -0.05) is 30.0 Å². The maximum Gasteiger partial charge on any atom is 0.164 e. The molecule has 2 aromatic rings. The van der Waals surface area contributed by atoms with E-state index in [-0.39, 0.29) is 28.8 Å². The maximum absolute atomic E-state index is 14.4. The van der Waals surface area contributed by atoms with Crippen LogP contribution in [0.15, 0.2) is 47.5 Å². The zero-order chi connectivity index (χ0) is 19.2. The van der Waals surface area contributed by atoms with E-state index in [9.17, 15) is 21.6 Å². The van der Waals surface area contributed by atoms with Crippen LogP contribution in [0.3, 0.4) is 0 Å². The predicted molar refractivity (Wildman–Crippen MR) is 100 cm³/mol. The number of amidine groups is 1. The molecule has 4 nitrogen and oxygen atoms in total. The maximum atomic E-state index is 14.4. The Bertz CT molecular complexity index is 1030. The average Bonchev–Trinajstić information content (AvgIpc) is 3.06. The first-order valence-corrected chi connectivity index (χ1v) is 11.0. The van der Waals surface area contributed by atoms with Crippen LogP contribution in [0, 0.1) is 17.5 Å². The highest BCUT2D eigenvalue weighted by Gasteiger charge is 2.47. The van der Waals surface area contributed by atoms with E-state index >= 15 is 0 Å². The summed E-state index contributed by atoms with van der Waals surface area (Å²) in [7, 11) is -3.28. The lowest BCUT2D eigenvalue weighted by molar-refractivity contribution is 0.577. The monoisotopic (exact) mass is 412 g/mol. The Labute approximate surface area is 159 Å². The topological polar surface area (TPSA) is 49.7 Å². The molecule has 2 heterocycles. The fourth-order valence-corrected chi connectivity index (χ4v) is 6.30. The fourth-order valence-electron chi connectivity index (χ4n) is 3.35. The van der Waals surface area contributed by atoms with Gasteiger partial charge in [-0.05, 0) is 23.8 Å². The van der Waals surface area contributed by atoms with Crippen molar-refractivity contribution >= 4 is 32.5 Å². The normalized spacial score (nSPS) is 23.4. The van der Waals surface area contributed by atoms with Crippen molar-refractivity contribution in [2.75, 3.05) is 16.4 Å². The van der Waals surface area contributed by atoms with Crippen LogP contribution in [-0.4, -0.2) is 37.2 Å². The molecule has 1 saturated heterocycles. The summed E-state index contributed by atoms with van der Waals surface area (Å²) in [5.74, 6) is -1.87. The number of halogens is 3. The smallest absolute Gasteiger partial charge is 0.164 e.